The number of carbonyl (C=O) groups is 1. The van der Waals surface area contributed by atoms with Crippen LogP contribution in [0.1, 0.15) is 56.2 Å². The Labute approximate surface area is 208 Å². The van der Waals surface area contributed by atoms with Crippen molar-refractivity contribution in [3.05, 3.63) is 89.5 Å². The lowest BCUT2D eigenvalue weighted by Gasteiger charge is -2.26. The summed E-state index contributed by atoms with van der Waals surface area (Å²) in [5.41, 5.74) is 3.59. The van der Waals surface area contributed by atoms with Crippen molar-refractivity contribution in [2.75, 3.05) is 13.3 Å². The summed E-state index contributed by atoms with van der Waals surface area (Å²) in [4.78, 5) is 14.8. The van der Waals surface area contributed by atoms with Gasteiger partial charge in [0.25, 0.3) is 0 Å². The van der Waals surface area contributed by atoms with Gasteiger partial charge in [-0.3, -0.25) is 4.79 Å². The highest BCUT2D eigenvalue weighted by molar-refractivity contribution is 5.75. The number of fused-ring (bicyclic) bond motifs is 1. The van der Waals surface area contributed by atoms with Crippen molar-refractivity contribution in [2.24, 2.45) is 0 Å². The average Bonchev–Trinajstić information content (AvgIpc) is 3.34. The van der Waals surface area contributed by atoms with Crippen LogP contribution in [0, 0.1) is 0 Å². The van der Waals surface area contributed by atoms with E-state index in [0.29, 0.717) is 19.5 Å². The van der Waals surface area contributed by atoms with E-state index in [1.807, 2.05) is 62.1 Å². The third-order valence-electron chi connectivity index (χ3n) is 6.26. The minimum atomic E-state index is 0.136. The number of rotatable bonds is 11. The van der Waals surface area contributed by atoms with Gasteiger partial charge in [0.1, 0.15) is 5.75 Å². The SMILES string of the molecule is CCC(=O)N(CC[C@H](Cc1ccccc1)c1ccc2c(c1)OCO2)Cc1ccc(OC(C)C)cc1. The predicted molar refractivity (Wildman–Crippen MR) is 138 cm³/mol. The number of benzene rings is 3. The molecule has 1 heterocycles. The van der Waals surface area contributed by atoms with Crippen LogP contribution in [0.5, 0.6) is 17.2 Å². The van der Waals surface area contributed by atoms with Crippen molar-refractivity contribution < 1.29 is 19.0 Å². The van der Waals surface area contributed by atoms with E-state index in [-0.39, 0.29) is 24.7 Å². The normalized spacial score (nSPS) is 13.0. The van der Waals surface area contributed by atoms with E-state index in [4.69, 9.17) is 14.2 Å². The second-order valence-electron chi connectivity index (χ2n) is 9.27. The molecule has 0 bridgehead atoms. The molecule has 1 amide bonds. The average molecular weight is 474 g/mol. The Hall–Kier alpha value is -3.47. The Morgan fingerprint density at radius 3 is 2.40 bits per heavy atom. The Bertz CT molecular complexity index is 1100. The molecule has 184 valence electrons. The van der Waals surface area contributed by atoms with E-state index >= 15 is 0 Å². The van der Waals surface area contributed by atoms with E-state index in [1.54, 1.807) is 0 Å². The van der Waals surface area contributed by atoms with E-state index in [2.05, 4.69) is 36.4 Å². The molecule has 0 unspecified atom stereocenters. The van der Waals surface area contributed by atoms with Crippen molar-refractivity contribution in [1.29, 1.82) is 0 Å². The van der Waals surface area contributed by atoms with Crippen LogP contribution in [0.25, 0.3) is 0 Å². The van der Waals surface area contributed by atoms with Gasteiger partial charge in [0.15, 0.2) is 11.5 Å². The molecule has 35 heavy (non-hydrogen) atoms. The van der Waals surface area contributed by atoms with Crippen molar-refractivity contribution in [2.45, 2.75) is 58.6 Å². The van der Waals surface area contributed by atoms with Crippen LogP contribution in [-0.4, -0.2) is 30.2 Å². The van der Waals surface area contributed by atoms with Crippen molar-refractivity contribution in [3.63, 3.8) is 0 Å². The molecule has 1 aliphatic heterocycles. The summed E-state index contributed by atoms with van der Waals surface area (Å²) in [6.07, 6.45) is 2.38. The van der Waals surface area contributed by atoms with Crippen molar-refractivity contribution >= 4 is 5.91 Å². The molecule has 0 N–H and O–H groups in total. The molecule has 1 atom stereocenters. The number of amides is 1. The second-order valence-corrected chi connectivity index (χ2v) is 9.27. The fourth-order valence-corrected chi connectivity index (χ4v) is 4.45. The molecule has 4 rings (SSSR count). The van der Waals surface area contributed by atoms with Gasteiger partial charge in [0, 0.05) is 19.5 Å². The summed E-state index contributed by atoms with van der Waals surface area (Å²) in [7, 11) is 0. The minimum absolute atomic E-state index is 0.136. The predicted octanol–water partition coefficient (Wildman–Crippen LogP) is 6.36. The Morgan fingerprint density at radius 1 is 0.943 bits per heavy atom. The molecule has 5 nitrogen and oxygen atoms in total. The first kappa shape index (κ1) is 24.6. The Morgan fingerprint density at radius 2 is 1.69 bits per heavy atom. The van der Waals surface area contributed by atoms with Crippen LogP contribution < -0.4 is 14.2 Å². The Kier molecular flexibility index (Phi) is 8.30. The van der Waals surface area contributed by atoms with E-state index in [9.17, 15) is 4.79 Å². The molecule has 0 saturated heterocycles. The molecule has 3 aromatic rings. The van der Waals surface area contributed by atoms with Crippen LogP contribution in [0.4, 0.5) is 0 Å². The lowest BCUT2D eigenvalue weighted by molar-refractivity contribution is -0.131. The second kappa shape index (κ2) is 11.8. The maximum atomic E-state index is 12.9. The van der Waals surface area contributed by atoms with Gasteiger partial charge in [-0.25, -0.2) is 0 Å². The van der Waals surface area contributed by atoms with Crippen molar-refractivity contribution in [3.8, 4) is 17.2 Å². The molecule has 0 spiro atoms. The summed E-state index contributed by atoms with van der Waals surface area (Å²) in [5.74, 6) is 2.85. The third kappa shape index (κ3) is 6.78. The highest BCUT2D eigenvalue weighted by Crippen LogP contribution is 2.36. The van der Waals surface area contributed by atoms with Gasteiger partial charge in [-0.2, -0.15) is 0 Å². The van der Waals surface area contributed by atoms with Crippen LogP contribution in [0.15, 0.2) is 72.8 Å². The lowest BCUT2D eigenvalue weighted by Crippen LogP contribution is -2.32. The monoisotopic (exact) mass is 473 g/mol. The summed E-state index contributed by atoms with van der Waals surface area (Å²) >= 11 is 0. The fourth-order valence-electron chi connectivity index (χ4n) is 4.45. The Balaban J connectivity index is 1.49. The maximum absolute atomic E-state index is 12.9. The largest absolute Gasteiger partial charge is 0.491 e. The van der Waals surface area contributed by atoms with Gasteiger partial charge in [-0.05, 0) is 73.6 Å². The summed E-state index contributed by atoms with van der Waals surface area (Å²) < 4.78 is 16.9. The van der Waals surface area contributed by atoms with Gasteiger partial charge in [0.2, 0.25) is 12.7 Å². The first-order valence-electron chi connectivity index (χ1n) is 12.5. The zero-order valence-electron chi connectivity index (χ0n) is 20.9. The minimum Gasteiger partial charge on any atom is -0.491 e. The van der Waals surface area contributed by atoms with E-state index < -0.39 is 0 Å². The molecule has 0 aromatic heterocycles. The number of nitrogens with zero attached hydrogens (tertiary/aromatic N) is 1. The highest BCUT2D eigenvalue weighted by Gasteiger charge is 2.21. The molecular weight excluding hydrogens is 438 g/mol. The standard InChI is InChI=1S/C30H35NO4/c1-4-30(32)31(20-24-10-13-27(14-11-24)35-22(2)3)17-16-26(18-23-8-6-5-7-9-23)25-12-15-28-29(19-25)34-21-33-28/h5-15,19,22,26H,4,16-18,20-21H2,1-3H3/t26-/m1/s1. The summed E-state index contributed by atoms with van der Waals surface area (Å²) in [5, 5.41) is 0. The highest BCUT2D eigenvalue weighted by atomic mass is 16.7. The van der Waals surface area contributed by atoms with E-state index in [1.165, 1.54) is 11.1 Å². The third-order valence-corrected chi connectivity index (χ3v) is 6.26. The van der Waals surface area contributed by atoms with Crippen LogP contribution in [-0.2, 0) is 17.8 Å². The van der Waals surface area contributed by atoms with Crippen LogP contribution in [0.3, 0.4) is 0 Å². The van der Waals surface area contributed by atoms with Gasteiger partial charge >= 0.3 is 0 Å². The molecule has 0 fully saturated rings. The zero-order chi connectivity index (χ0) is 24.6. The number of ether oxygens (including phenoxy) is 3. The maximum Gasteiger partial charge on any atom is 0.231 e. The van der Waals surface area contributed by atoms with Crippen LogP contribution in [0.2, 0.25) is 0 Å². The quantitative estimate of drug-likeness (QED) is 0.325. The van der Waals surface area contributed by atoms with Gasteiger partial charge < -0.3 is 19.1 Å². The summed E-state index contributed by atoms with van der Waals surface area (Å²) in [6.45, 7) is 7.50. The van der Waals surface area contributed by atoms with Crippen molar-refractivity contribution in [1.82, 2.24) is 4.90 Å². The molecule has 5 heteroatoms. The molecular formula is C30H35NO4. The fraction of sp³-hybridized carbons (Fsp3) is 0.367. The molecule has 0 radical (unpaired) electrons. The molecule has 3 aromatic carbocycles. The van der Waals surface area contributed by atoms with Gasteiger partial charge in [-0.15, -0.1) is 0 Å². The molecule has 1 aliphatic rings. The molecule has 0 saturated carbocycles. The zero-order valence-corrected chi connectivity index (χ0v) is 20.9. The smallest absolute Gasteiger partial charge is 0.231 e. The topological polar surface area (TPSA) is 48.0 Å². The molecule has 0 aliphatic carbocycles. The van der Waals surface area contributed by atoms with E-state index in [0.717, 1.165) is 35.7 Å². The number of hydrogen-bond donors (Lipinski definition) is 0. The first-order chi connectivity index (χ1) is 17.0. The van der Waals surface area contributed by atoms with Gasteiger partial charge in [0.05, 0.1) is 6.10 Å². The summed E-state index contributed by atoms with van der Waals surface area (Å²) in [6, 6.07) is 24.8. The number of hydrogen-bond acceptors (Lipinski definition) is 4. The lowest BCUT2D eigenvalue weighted by atomic mass is 9.88. The van der Waals surface area contributed by atoms with Crippen LogP contribution >= 0.6 is 0 Å². The van der Waals surface area contributed by atoms with Gasteiger partial charge in [-0.1, -0.05) is 55.5 Å². The number of carbonyl (C=O) groups excluding carboxylic acids is 1. The first-order valence-corrected chi connectivity index (χ1v) is 12.5.